The maximum atomic E-state index is 12.6. The third-order valence-corrected chi connectivity index (χ3v) is 4.58. The van der Waals surface area contributed by atoms with Crippen molar-refractivity contribution in [2.45, 2.75) is 13.3 Å². The van der Waals surface area contributed by atoms with Crippen molar-refractivity contribution in [3.05, 3.63) is 82.5 Å². The SMILES string of the molecule is COc1ccc(CCNc2cc(C(=O)Nc3cc(Cl)ccc3C)ccn2)cc1. The Morgan fingerprint density at radius 1 is 1.11 bits per heavy atom. The summed E-state index contributed by atoms with van der Waals surface area (Å²) in [7, 11) is 1.65. The molecular formula is C22H22ClN3O2. The fraction of sp³-hybridized carbons (Fsp3) is 0.182. The molecule has 0 saturated heterocycles. The largest absolute Gasteiger partial charge is 0.497 e. The molecule has 0 spiro atoms. The number of halogens is 1. The number of nitrogens with zero attached hydrogens (tertiary/aromatic N) is 1. The Bertz CT molecular complexity index is 958. The van der Waals surface area contributed by atoms with Crippen LogP contribution >= 0.6 is 11.6 Å². The van der Waals surface area contributed by atoms with E-state index in [1.165, 1.54) is 5.56 Å². The van der Waals surface area contributed by atoms with Crippen LogP contribution in [-0.4, -0.2) is 24.5 Å². The lowest BCUT2D eigenvalue weighted by Gasteiger charge is -2.10. The Morgan fingerprint density at radius 3 is 2.64 bits per heavy atom. The molecule has 3 aromatic rings. The Kier molecular flexibility index (Phi) is 6.50. The monoisotopic (exact) mass is 395 g/mol. The molecule has 0 radical (unpaired) electrons. The minimum atomic E-state index is -0.203. The van der Waals surface area contributed by atoms with Gasteiger partial charge >= 0.3 is 0 Å². The summed E-state index contributed by atoms with van der Waals surface area (Å²) in [6.07, 6.45) is 2.46. The van der Waals surface area contributed by atoms with E-state index in [4.69, 9.17) is 16.3 Å². The summed E-state index contributed by atoms with van der Waals surface area (Å²) in [5.41, 5.74) is 3.37. The van der Waals surface area contributed by atoms with Gasteiger partial charge in [-0.1, -0.05) is 29.8 Å². The van der Waals surface area contributed by atoms with Crippen molar-refractivity contribution in [3.8, 4) is 5.75 Å². The van der Waals surface area contributed by atoms with Crippen molar-refractivity contribution in [2.24, 2.45) is 0 Å². The summed E-state index contributed by atoms with van der Waals surface area (Å²) in [5, 5.41) is 6.73. The predicted octanol–water partition coefficient (Wildman–Crippen LogP) is 4.96. The van der Waals surface area contributed by atoms with E-state index in [0.29, 0.717) is 28.6 Å². The predicted molar refractivity (Wildman–Crippen MR) is 114 cm³/mol. The molecule has 3 rings (SSSR count). The smallest absolute Gasteiger partial charge is 0.255 e. The number of aryl methyl sites for hydroxylation is 1. The molecule has 2 N–H and O–H groups in total. The van der Waals surface area contributed by atoms with Gasteiger partial charge in [0, 0.05) is 29.0 Å². The minimum absolute atomic E-state index is 0.203. The van der Waals surface area contributed by atoms with Gasteiger partial charge in [-0.2, -0.15) is 0 Å². The summed E-state index contributed by atoms with van der Waals surface area (Å²) in [4.78, 5) is 16.9. The number of amides is 1. The molecule has 6 heteroatoms. The van der Waals surface area contributed by atoms with Gasteiger partial charge < -0.3 is 15.4 Å². The van der Waals surface area contributed by atoms with E-state index in [0.717, 1.165) is 17.7 Å². The molecule has 1 aromatic heterocycles. The Labute approximate surface area is 169 Å². The number of carbonyl (C=O) groups is 1. The maximum absolute atomic E-state index is 12.6. The highest BCUT2D eigenvalue weighted by Crippen LogP contribution is 2.21. The van der Waals surface area contributed by atoms with Crippen LogP contribution in [0, 0.1) is 6.92 Å². The zero-order chi connectivity index (χ0) is 19.9. The molecule has 0 aliphatic rings. The molecular weight excluding hydrogens is 374 g/mol. The van der Waals surface area contributed by atoms with Crippen LogP contribution in [0.4, 0.5) is 11.5 Å². The van der Waals surface area contributed by atoms with Crippen LogP contribution in [0.2, 0.25) is 5.02 Å². The van der Waals surface area contributed by atoms with Gasteiger partial charge in [0.15, 0.2) is 0 Å². The van der Waals surface area contributed by atoms with Gasteiger partial charge in [0.25, 0.3) is 5.91 Å². The summed E-state index contributed by atoms with van der Waals surface area (Å²) < 4.78 is 5.16. The third-order valence-electron chi connectivity index (χ3n) is 4.35. The van der Waals surface area contributed by atoms with E-state index < -0.39 is 0 Å². The molecule has 28 heavy (non-hydrogen) atoms. The second-order valence-electron chi connectivity index (χ2n) is 6.37. The van der Waals surface area contributed by atoms with Crippen LogP contribution < -0.4 is 15.4 Å². The van der Waals surface area contributed by atoms with Gasteiger partial charge in [0.05, 0.1) is 7.11 Å². The first-order chi connectivity index (χ1) is 13.5. The highest BCUT2D eigenvalue weighted by Gasteiger charge is 2.09. The Balaban J connectivity index is 1.59. The van der Waals surface area contributed by atoms with Crippen LogP contribution in [0.3, 0.4) is 0 Å². The van der Waals surface area contributed by atoms with E-state index in [1.807, 2.05) is 37.3 Å². The van der Waals surface area contributed by atoms with Gasteiger partial charge in [0.1, 0.15) is 11.6 Å². The first-order valence-corrected chi connectivity index (χ1v) is 9.33. The quantitative estimate of drug-likeness (QED) is 0.593. The fourth-order valence-electron chi connectivity index (χ4n) is 2.72. The third kappa shape index (κ3) is 5.24. The number of nitrogens with one attached hydrogen (secondary N) is 2. The standard InChI is InChI=1S/C22H22ClN3O2/c1-15-3-6-18(23)14-20(15)26-22(27)17-10-12-25-21(13-17)24-11-9-16-4-7-19(28-2)8-5-16/h3-8,10,12-14H,9,11H2,1-2H3,(H,24,25)(H,26,27). The number of carbonyl (C=O) groups excluding carboxylic acids is 1. The summed E-state index contributed by atoms with van der Waals surface area (Å²) >= 11 is 6.02. The molecule has 144 valence electrons. The molecule has 0 fully saturated rings. The number of aromatic nitrogens is 1. The van der Waals surface area contributed by atoms with Gasteiger partial charge in [-0.15, -0.1) is 0 Å². The topological polar surface area (TPSA) is 63.2 Å². The molecule has 0 aliphatic heterocycles. The molecule has 2 aromatic carbocycles. The Hall–Kier alpha value is -3.05. The number of pyridine rings is 1. The van der Waals surface area contributed by atoms with Crippen molar-refractivity contribution in [2.75, 3.05) is 24.3 Å². The average molecular weight is 396 g/mol. The van der Waals surface area contributed by atoms with Crippen molar-refractivity contribution >= 4 is 29.0 Å². The van der Waals surface area contributed by atoms with Crippen molar-refractivity contribution in [3.63, 3.8) is 0 Å². The van der Waals surface area contributed by atoms with Crippen LogP contribution in [-0.2, 0) is 6.42 Å². The van der Waals surface area contributed by atoms with Gasteiger partial charge in [-0.3, -0.25) is 4.79 Å². The number of anilines is 2. The number of ether oxygens (including phenoxy) is 1. The van der Waals surface area contributed by atoms with Gasteiger partial charge in [-0.05, 0) is 60.9 Å². The van der Waals surface area contributed by atoms with Crippen LogP contribution in [0.5, 0.6) is 5.75 Å². The van der Waals surface area contributed by atoms with E-state index in [1.54, 1.807) is 37.6 Å². The maximum Gasteiger partial charge on any atom is 0.255 e. The van der Waals surface area contributed by atoms with Crippen LogP contribution in [0.1, 0.15) is 21.5 Å². The zero-order valence-corrected chi connectivity index (χ0v) is 16.6. The highest BCUT2D eigenvalue weighted by molar-refractivity contribution is 6.31. The second-order valence-corrected chi connectivity index (χ2v) is 6.80. The average Bonchev–Trinajstić information content (AvgIpc) is 2.71. The Morgan fingerprint density at radius 2 is 1.89 bits per heavy atom. The van der Waals surface area contributed by atoms with Crippen LogP contribution in [0.15, 0.2) is 60.8 Å². The minimum Gasteiger partial charge on any atom is -0.497 e. The zero-order valence-electron chi connectivity index (χ0n) is 15.8. The van der Waals surface area contributed by atoms with Crippen molar-refractivity contribution in [1.29, 1.82) is 0 Å². The molecule has 0 bridgehead atoms. The van der Waals surface area contributed by atoms with E-state index in [-0.39, 0.29) is 5.91 Å². The van der Waals surface area contributed by atoms with E-state index >= 15 is 0 Å². The number of rotatable bonds is 7. The van der Waals surface area contributed by atoms with Gasteiger partial charge in [0.2, 0.25) is 0 Å². The lowest BCUT2D eigenvalue weighted by molar-refractivity contribution is 0.102. The summed E-state index contributed by atoms with van der Waals surface area (Å²) in [5.74, 6) is 1.29. The number of hydrogen-bond donors (Lipinski definition) is 2. The normalized spacial score (nSPS) is 10.4. The van der Waals surface area contributed by atoms with Crippen LogP contribution in [0.25, 0.3) is 0 Å². The van der Waals surface area contributed by atoms with E-state index in [2.05, 4.69) is 15.6 Å². The molecule has 1 heterocycles. The molecule has 0 atom stereocenters. The van der Waals surface area contributed by atoms with Gasteiger partial charge in [-0.25, -0.2) is 4.98 Å². The first-order valence-electron chi connectivity index (χ1n) is 8.95. The fourth-order valence-corrected chi connectivity index (χ4v) is 2.89. The van der Waals surface area contributed by atoms with Crippen molar-refractivity contribution in [1.82, 2.24) is 4.98 Å². The molecule has 0 unspecified atom stereocenters. The summed E-state index contributed by atoms with van der Waals surface area (Å²) in [6, 6.07) is 16.8. The van der Waals surface area contributed by atoms with Crippen molar-refractivity contribution < 1.29 is 9.53 Å². The number of benzene rings is 2. The first kappa shape index (κ1) is 19.7. The number of hydrogen-bond acceptors (Lipinski definition) is 4. The summed E-state index contributed by atoms with van der Waals surface area (Å²) in [6.45, 7) is 2.63. The number of methoxy groups -OCH3 is 1. The highest BCUT2D eigenvalue weighted by atomic mass is 35.5. The lowest BCUT2D eigenvalue weighted by atomic mass is 10.1. The molecule has 0 aliphatic carbocycles. The molecule has 5 nitrogen and oxygen atoms in total. The second kappa shape index (κ2) is 9.24. The molecule has 0 saturated carbocycles. The van der Waals surface area contributed by atoms with E-state index in [9.17, 15) is 4.79 Å². The molecule has 1 amide bonds. The lowest BCUT2D eigenvalue weighted by Crippen LogP contribution is -2.14.